The number of methoxy groups -OCH3 is 2. The summed E-state index contributed by atoms with van der Waals surface area (Å²) in [6, 6.07) is 29.3. The molecule has 0 aliphatic carbocycles. The minimum Gasteiger partial charge on any atom is -0.497 e. The molecule has 2 aliphatic heterocycles. The highest BCUT2D eigenvalue weighted by molar-refractivity contribution is 8.17. The summed E-state index contributed by atoms with van der Waals surface area (Å²) in [6.45, 7) is 8.75. The molecular formula is C45H56N5O9PS2. The smallest absolute Gasteiger partial charge is 0.412 e. The van der Waals surface area contributed by atoms with E-state index in [2.05, 4.69) is 48.7 Å². The number of anilines is 1. The van der Waals surface area contributed by atoms with E-state index in [1.165, 1.54) is 4.57 Å². The van der Waals surface area contributed by atoms with Crippen LogP contribution in [0, 0.1) is 11.3 Å². The van der Waals surface area contributed by atoms with E-state index < -0.39 is 44.3 Å². The van der Waals surface area contributed by atoms with Crippen molar-refractivity contribution in [3.8, 4) is 17.6 Å². The minimum absolute atomic E-state index is 0.0179. The van der Waals surface area contributed by atoms with Gasteiger partial charge in [-0.2, -0.15) is 10.2 Å². The van der Waals surface area contributed by atoms with Gasteiger partial charge < -0.3 is 32.7 Å². The van der Waals surface area contributed by atoms with E-state index in [4.69, 9.17) is 32.7 Å². The van der Waals surface area contributed by atoms with Crippen molar-refractivity contribution in [3.05, 3.63) is 118 Å². The molecule has 0 saturated carbocycles. The fourth-order valence-corrected chi connectivity index (χ4v) is 11.8. The van der Waals surface area contributed by atoms with Gasteiger partial charge in [-0.25, -0.2) is 14.3 Å². The fraction of sp³-hybridized carbons (Fsp3) is 0.467. The summed E-state index contributed by atoms with van der Waals surface area (Å²) in [4.78, 5) is 30.5. The standard InChI is InChI=1S/C45H56N5O9PS2/c1-31(2)50(32(3)4)60(57-25-10-23-46)59-38-28-41(49-24-22-40(47-43(49)51)48-44(52)55-30-42-61-26-11-27-62-42)58-39(38)29-56-45(33-12-8-7-9-13-33,34-14-18-36(53-5)19-15-34)35-16-20-37(54-6)21-17-35/h7-9,12-22,24,31-32,38-39,41-42H,10-11,25-30H2,1-6H3,(H,47,48,51,52)/t38-,39+,41+,60?/m0/s1. The molecule has 2 saturated heterocycles. The van der Waals surface area contributed by atoms with Gasteiger partial charge >= 0.3 is 11.8 Å². The Morgan fingerprint density at radius 3 is 2.11 bits per heavy atom. The molecule has 0 radical (unpaired) electrons. The van der Waals surface area contributed by atoms with Crippen molar-refractivity contribution in [1.29, 1.82) is 5.26 Å². The first-order chi connectivity index (χ1) is 30.1. The SMILES string of the molecule is COc1ccc(C(OC[C@H]2O[C@@H](n3ccc(NC(=O)OCC4SCCCS4)nc3=O)C[C@@H]2OP(OCCC#N)N(C(C)C)C(C)C)(c2ccccc2)c2ccc(OC)cc2)cc1. The molecule has 0 spiro atoms. The van der Waals surface area contributed by atoms with Crippen molar-refractivity contribution in [2.75, 3.05) is 50.9 Å². The van der Waals surface area contributed by atoms with E-state index in [1.807, 2.05) is 78.9 Å². The fourth-order valence-electron chi connectivity index (χ4n) is 7.44. The van der Waals surface area contributed by atoms with Crippen LogP contribution in [0.15, 0.2) is 95.9 Å². The molecule has 6 rings (SSSR count). The van der Waals surface area contributed by atoms with Gasteiger partial charge in [0.25, 0.3) is 8.53 Å². The normalized spacial score (nSPS) is 18.7. The maximum atomic E-state index is 13.7. The summed E-state index contributed by atoms with van der Waals surface area (Å²) >= 11 is 3.54. The summed E-state index contributed by atoms with van der Waals surface area (Å²) in [6.07, 6.45) is 0.275. The predicted molar refractivity (Wildman–Crippen MR) is 244 cm³/mol. The molecule has 1 amide bonds. The van der Waals surface area contributed by atoms with Gasteiger partial charge in [-0.3, -0.25) is 9.88 Å². The first-order valence-electron chi connectivity index (χ1n) is 20.7. The Labute approximate surface area is 373 Å². The summed E-state index contributed by atoms with van der Waals surface area (Å²) in [5.41, 5.74) is 0.769. The molecule has 4 aromatic rings. The van der Waals surface area contributed by atoms with Crippen molar-refractivity contribution in [3.63, 3.8) is 0 Å². The summed E-state index contributed by atoms with van der Waals surface area (Å²) in [5.74, 6) is 3.53. The molecule has 1 aromatic heterocycles. The number of thioether (sulfide) groups is 2. The van der Waals surface area contributed by atoms with Gasteiger partial charge in [0.1, 0.15) is 41.9 Å². The number of nitriles is 1. The second-order valence-electron chi connectivity index (χ2n) is 15.1. The number of benzene rings is 3. The first-order valence-corrected chi connectivity index (χ1v) is 23.9. The van der Waals surface area contributed by atoms with Crippen LogP contribution in [-0.2, 0) is 28.9 Å². The Morgan fingerprint density at radius 1 is 0.935 bits per heavy atom. The van der Waals surface area contributed by atoms with Gasteiger partial charge in [-0.1, -0.05) is 54.6 Å². The van der Waals surface area contributed by atoms with Crippen molar-refractivity contribution >= 4 is 44.0 Å². The lowest BCUT2D eigenvalue weighted by atomic mass is 9.80. The summed E-state index contributed by atoms with van der Waals surface area (Å²) in [7, 11) is 1.55. The van der Waals surface area contributed by atoms with Gasteiger partial charge in [0.15, 0.2) is 0 Å². The molecule has 2 fully saturated rings. The Kier molecular flexibility index (Phi) is 17.5. The maximum Gasteiger partial charge on any atom is 0.412 e. The lowest BCUT2D eigenvalue weighted by Crippen LogP contribution is -2.39. The van der Waals surface area contributed by atoms with Gasteiger partial charge in [-0.15, -0.1) is 23.5 Å². The van der Waals surface area contributed by atoms with E-state index in [9.17, 15) is 14.9 Å². The topological polar surface area (TPSA) is 156 Å². The molecule has 14 nitrogen and oxygen atoms in total. The third-order valence-electron chi connectivity index (χ3n) is 10.3. The lowest BCUT2D eigenvalue weighted by Gasteiger charge is -2.39. The van der Waals surface area contributed by atoms with Crippen LogP contribution in [0.4, 0.5) is 10.6 Å². The number of ether oxygens (including phenoxy) is 5. The number of hydrogen-bond donors (Lipinski definition) is 1. The van der Waals surface area contributed by atoms with E-state index in [1.54, 1.807) is 50.0 Å². The zero-order valence-corrected chi connectivity index (χ0v) is 38.5. The van der Waals surface area contributed by atoms with E-state index in [-0.39, 0.29) is 55.1 Å². The van der Waals surface area contributed by atoms with Crippen LogP contribution < -0.4 is 20.5 Å². The third-order valence-corrected chi connectivity index (χ3v) is 15.4. The van der Waals surface area contributed by atoms with E-state index >= 15 is 0 Å². The maximum absolute atomic E-state index is 13.7. The predicted octanol–water partition coefficient (Wildman–Crippen LogP) is 8.96. The van der Waals surface area contributed by atoms with Crippen molar-refractivity contribution in [2.24, 2.45) is 0 Å². The van der Waals surface area contributed by atoms with Crippen LogP contribution in [0.5, 0.6) is 11.5 Å². The average molecular weight is 906 g/mol. The molecule has 2 aliphatic rings. The van der Waals surface area contributed by atoms with Crippen LogP contribution in [0.2, 0.25) is 0 Å². The largest absolute Gasteiger partial charge is 0.497 e. The zero-order chi connectivity index (χ0) is 44.1. The monoisotopic (exact) mass is 905 g/mol. The van der Waals surface area contributed by atoms with Crippen LogP contribution >= 0.6 is 32.0 Å². The number of nitrogens with one attached hydrogen (secondary N) is 1. The minimum atomic E-state index is -1.70. The van der Waals surface area contributed by atoms with Gasteiger partial charge in [0.05, 0.1) is 50.6 Å². The van der Waals surface area contributed by atoms with Gasteiger partial charge in [-0.05, 0) is 92.6 Å². The molecule has 0 bridgehead atoms. The number of nitrogens with zero attached hydrogens (tertiary/aromatic N) is 4. The zero-order valence-electron chi connectivity index (χ0n) is 36.0. The number of aromatic nitrogens is 2. The highest BCUT2D eigenvalue weighted by Crippen LogP contribution is 2.51. The Hall–Kier alpha value is -4.17. The van der Waals surface area contributed by atoms with E-state index in [0.29, 0.717) is 11.5 Å². The molecule has 1 unspecified atom stereocenters. The molecular weight excluding hydrogens is 850 g/mol. The number of carbonyl (C=O) groups excluding carboxylic acids is 1. The van der Waals surface area contributed by atoms with Crippen molar-refractivity contribution < 1.29 is 37.5 Å². The Morgan fingerprint density at radius 2 is 1.55 bits per heavy atom. The van der Waals surface area contributed by atoms with E-state index in [0.717, 1.165) is 34.6 Å². The molecule has 332 valence electrons. The lowest BCUT2D eigenvalue weighted by molar-refractivity contribution is -0.0925. The third kappa shape index (κ3) is 11.9. The molecule has 3 heterocycles. The number of amides is 1. The van der Waals surface area contributed by atoms with Crippen molar-refractivity contribution in [2.45, 2.75) is 87.7 Å². The molecule has 17 heteroatoms. The quantitative estimate of drug-likeness (QED) is 0.0510. The van der Waals surface area contributed by atoms with Crippen LogP contribution in [0.3, 0.4) is 0 Å². The first kappa shape index (κ1) is 47.3. The van der Waals surface area contributed by atoms with Crippen molar-refractivity contribution in [1.82, 2.24) is 14.2 Å². The number of hydrogen-bond acceptors (Lipinski definition) is 14. The van der Waals surface area contributed by atoms with Gasteiger partial charge in [0.2, 0.25) is 0 Å². The Bertz CT molecular complexity index is 2060. The van der Waals surface area contributed by atoms with Crippen LogP contribution in [-0.4, -0.2) is 94.7 Å². The highest BCUT2D eigenvalue weighted by atomic mass is 32.2. The Balaban J connectivity index is 1.34. The number of rotatable bonds is 20. The molecule has 62 heavy (non-hydrogen) atoms. The number of carbonyl (C=O) groups is 1. The van der Waals surface area contributed by atoms with Gasteiger partial charge in [0, 0.05) is 24.7 Å². The summed E-state index contributed by atoms with van der Waals surface area (Å²) < 4.78 is 47.6. The van der Waals surface area contributed by atoms with Crippen LogP contribution in [0.1, 0.15) is 69.9 Å². The van der Waals surface area contributed by atoms with Crippen LogP contribution in [0.25, 0.3) is 0 Å². The molecule has 4 atom stereocenters. The highest BCUT2D eigenvalue weighted by Gasteiger charge is 2.45. The molecule has 3 aromatic carbocycles. The summed E-state index contributed by atoms with van der Waals surface area (Å²) in [5, 5.41) is 12.0. The molecule has 1 N–H and O–H groups in total. The second kappa shape index (κ2) is 23.0. The second-order valence-corrected chi connectivity index (χ2v) is 19.4. The average Bonchev–Trinajstić information content (AvgIpc) is 3.68.